The Balaban J connectivity index is 2.21. The number of amides is 1. The minimum absolute atomic E-state index is 0.00127. The summed E-state index contributed by atoms with van der Waals surface area (Å²) in [7, 11) is 0. The summed E-state index contributed by atoms with van der Waals surface area (Å²) in [5.74, 6) is 0.0711. The van der Waals surface area contributed by atoms with Gasteiger partial charge in [-0.25, -0.2) is 0 Å². The number of nitrogens with one attached hydrogen (secondary N) is 1. The van der Waals surface area contributed by atoms with Gasteiger partial charge in [0.1, 0.15) is 17.4 Å². The molecule has 0 spiro atoms. The van der Waals surface area contributed by atoms with Crippen molar-refractivity contribution in [2.24, 2.45) is 0 Å². The van der Waals surface area contributed by atoms with E-state index in [4.69, 9.17) is 16.3 Å². The summed E-state index contributed by atoms with van der Waals surface area (Å²) in [6, 6.07) is 15.9. The van der Waals surface area contributed by atoms with Crippen LogP contribution in [0.3, 0.4) is 0 Å². The minimum atomic E-state index is -0.491. The number of benzene rings is 2. The molecule has 0 heterocycles. The van der Waals surface area contributed by atoms with Crippen molar-refractivity contribution >= 4 is 29.3 Å². The maximum absolute atomic E-state index is 12.3. The fourth-order valence-electron chi connectivity index (χ4n) is 1.92. The Morgan fingerprint density at radius 2 is 1.96 bits per heavy atom. The summed E-state index contributed by atoms with van der Waals surface area (Å²) in [6.45, 7) is 2.35. The second kappa shape index (κ2) is 8.02. The van der Waals surface area contributed by atoms with Gasteiger partial charge < -0.3 is 10.1 Å². The molecule has 0 aliphatic rings. The van der Waals surface area contributed by atoms with Gasteiger partial charge in [-0.1, -0.05) is 35.9 Å². The highest BCUT2D eigenvalue weighted by Gasteiger charge is 2.12. The summed E-state index contributed by atoms with van der Waals surface area (Å²) in [5.41, 5.74) is 1.24. The Hall–Kier alpha value is -2.77. The lowest BCUT2D eigenvalue weighted by molar-refractivity contribution is -0.112. The molecule has 1 amide bonds. The van der Waals surface area contributed by atoms with Crippen molar-refractivity contribution in [3.05, 3.63) is 64.7 Å². The van der Waals surface area contributed by atoms with E-state index >= 15 is 0 Å². The summed E-state index contributed by atoms with van der Waals surface area (Å²) in [4.78, 5) is 12.3. The number of hydrogen-bond acceptors (Lipinski definition) is 3. The van der Waals surface area contributed by atoms with Gasteiger partial charge in [-0.15, -0.1) is 0 Å². The van der Waals surface area contributed by atoms with Gasteiger partial charge >= 0.3 is 0 Å². The van der Waals surface area contributed by atoms with Gasteiger partial charge in [-0.05, 0) is 42.8 Å². The highest BCUT2D eigenvalue weighted by Crippen LogP contribution is 2.24. The molecule has 1 N–H and O–H groups in total. The van der Waals surface area contributed by atoms with Crippen LogP contribution in [0.25, 0.3) is 6.08 Å². The van der Waals surface area contributed by atoms with Crippen molar-refractivity contribution in [2.75, 3.05) is 11.9 Å². The lowest BCUT2D eigenvalue weighted by atomic mass is 10.1. The maximum Gasteiger partial charge on any atom is 0.266 e. The Kier molecular flexibility index (Phi) is 5.79. The zero-order valence-corrected chi connectivity index (χ0v) is 13.3. The average molecular weight is 327 g/mol. The minimum Gasteiger partial charge on any atom is -0.492 e. The van der Waals surface area contributed by atoms with Crippen LogP contribution in [0, 0.1) is 11.3 Å². The van der Waals surface area contributed by atoms with Crippen molar-refractivity contribution in [3.8, 4) is 11.8 Å². The average Bonchev–Trinajstić information content (AvgIpc) is 2.56. The van der Waals surface area contributed by atoms with Crippen LogP contribution in [0.5, 0.6) is 5.75 Å². The van der Waals surface area contributed by atoms with E-state index in [1.54, 1.807) is 42.5 Å². The molecule has 0 saturated heterocycles. The quantitative estimate of drug-likeness (QED) is 0.658. The zero-order valence-electron chi connectivity index (χ0n) is 12.5. The Morgan fingerprint density at radius 3 is 2.61 bits per heavy atom. The third-order valence-corrected chi connectivity index (χ3v) is 3.23. The lowest BCUT2D eigenvalue weighted by Gasteiger charge is -2.10. The number of nitriles is 1. The molecule has 0 fully saturated rings. The van der Waals surface area contributed by atoms with E-state index in [0.29, 0.717) is 23.1 Å². The highest BCUT2D eigenvalue weighted by atomic mass is 35.5. The maximum atomic E-state index is 12.3. The van der Waals surface area contributed by atoms with Gasteiger partial charge in [0.25, 0.3) is 5.91 Å². The number of rotatable bonds is 5. The van der Waals surface area contributed by atoms with Crippen molar-refractivity contribution in [1.82, 2.24) is 0 Å². The van der Waals surface area contributed by atoms with Gasteiger partial charge in [0.15, 0.2) is 0 Å². The second-order valence-corrected chi connectivity index (χ2v) is 5.04. The van der Waals surface area contributed by atoms with E-state index in [1.807, 2.05) is 19.1 Å². The number of nitrogens with zero attached hydrogens (tertiary/aromatic N) is 1. The first-order valence-electron chi connectivity index (χ1n) is 7.04. The molecule has 0 bridgehead atoms. The summed E-state index contributed by atoms with van der Waals surface area (Å²) >= 11 is 5.82. The second-order valence-electron chi connectivity index (χ2n) is 4.60. The molecule has 23 heavy (non-hydrogen) atoms. The molecule has 5 heteroatoms. The van der Waals surface area contributed by atoms with Crippen LogP contribution < -0.4 is 10.1 Å². The molecule has 4 nitrogen and oxygen atoms in total. The van der Waals surface area contributed by atoms with Crippen LogP contribution in [0.4, 0.5) is 5.69 Å². The highest BCUT2D eigenvalue weighted by molar-refractivity contribution is 6.30. The summed E-state index contributed by atoms with van der Waals surface area (Å²) in [5, 5.41) is 12.5. The monoisotopic (exact) mass is 326 g/mol. The number of para-hydroxylation sites is 2. The third-order valence-electron chi connectivity index (χ3n) is 2.98. The van der Waals surface area contributed by atoms with Crippen molar-refractivity contribution in [1.29, 1.82) is 5.26 Å². The summed E-state index contributed by atoms with van der Waals surface area (Å²) in [6.07, 6.45) is 1.51. The fourth-order valence-corrected chi connectivity index (χ4v) is 2.04. The molecule has 2 rings (SSSR count). The van der Waals surface area contributed by atoms with Crippen LogP contribution >= 0.6 is 11.6 Å². The molecule has 0 radical (unpaired) electrons. The zero-order chi connectivity index (χ0) is 16.7. The van der Waals surface area contributed by atoms with E-state index < -0.39 is 5.91 Å². The van der Waals surface area contributed by atoms with Crippen molar-refractivity contribution < 1.29 is 9.53 Å². The van der Waals surface area contributed by atoms with Crippen molar-refractivity contribution in [3.63, 3.8) is 0 Å². The van der Waals surface area contributed by atoms with E-state index in [1.165, 1.54) is 6.08 Å². The molecule has 2 aromatic carbocycles. The standard InChI is InChI=1S/C18H15ClN2O2/c1-2-23-17-6-4-3-5-16(17)21-18(22)14(12-20)11-13-7-9-15(19)10-8-13/h3-11H,2H2,1H3,(H,21,22)/b14-11+. The fraction of sp³-hybridized carbons (Fsp3) is 0.111. The summed E-state index contributed by atoms with van der Waals surface area (Å²) < 4.78 is 5.45. The number of ether oxygens (including phenoxy) is 1. The molecule has 0 unspecified atom stereocenters. The first kappa shape index (κ1) is 16.6. The first-order valence-corrected chi connectivity index (χ1v) is 7.42. The molecular weight excluding hydrogens is 312 g/mol. The number of carbonyl (C=O) groups is 1. The van der Waals surface area contributed by atoms with Gasteiger partial charge in [0.05, 0.1) is 12.3 Å². The van der Waals surface area contributed by atoms with Crippen LogP contribution in [0.15, 0.2) is 54.1 Å². The largest absolute Gasteiger partial charge is 0.492 e. The predicted molar refractivity (Wildman–Crippen MR) is 91.3 cm³/mol. The van der Waals surface area contributed by atoms with Gasteiger partial charge in [-0.3, -0.25) is 4.79 Å². The van der Waals surface area contributed by atoms with Crippen molar-refractivity contribution in [2.45, 2.75) is 6.92 Å². The molecule has 2 aromatic rings. The SMILES string of the molecule is CCOc1ccccc1NC(=O)/C(C#N)=C/c1ccc(Cl)cc1. The molecular formula is C18H15ClN2O2. The Morgan fingerprint density at radius 1 is 1.26 bits per heavy atom. The van der Waals surface area contributed by atoms with E-state index in [9.17, 15) is 10.1 Å². The van der Waals surface area contributed by atoms with Gasteiger partial charge in [0, 0.05) is 5.02 Å². The Bertz CT molecular complexity index is 761. The third kappa shape index (κ3) is 4.60. The Labute approximate surface area is 140 Å². The molecule has 0 aliphatic heterocycles. The topological polar surface area (TPSA) is 62.1 Å². The number of anilines is 1. The molecule has 0 saturated carbocycles. The van der Waals surface area contributed by atoms with Crippen LogP contribution in [0.2, 0.25) is 5.02 Å². The molecule has 0 aliphatic carbocycles. The smallest absolute Gasteiger partial charge is 0.266 e. The van der Waals surface area contributed by atoms with Crippen LogP contribution in [-0.4, -0.2) is 12.5 Å². The van der Waals surface area contributed by atoms with E-state index in [0.717, 1.165) is 5.56 Å². The number of hydrogen-bond donors (Lipinski definition) is 1. The van der Waals surface area contributed by atoms with Gasteiger partial charge in [0.2, 0.25) is 0 Å². The number of halogens is 1. The normalized spacial score (nSPS) is 10.7. The molecule has 0 atom stereocenters. The van der Waals surface area contributed by atoms with Gasteiger partial charge in [-0.2, -0.15) is 5.26 Å². The van der Waals surface area contributed by atoms with Crippen LogP contribution in [0.1, 0.15) is 12.5 Å². The van der Waals surface area contributed by atoms with E-state index in [2.05, 4.69) is 5.32 Å². The lowest BCUT2D eigenvalue weighted by Crippen LogP contribution is -2.14. The van der Waals surface area contributed by atoms with Crippen LogP contribution in [-0.2, 0) is 4.79 Å². The molecule has 116 valence electrons. The van der Waals surface area contributed by atoms with E-state index in [-0.39, 0.29) is 5.57 Å². The molecule has 0 aromatic heterocycles. The number of carbonyl (C=O) groups excluding carboxylic acids is 1. The predicted octanol–water partition coefficient (Wildman–Crippen LogP) is 4.28. The first-order chi connectivity index (χ1) is 11.1.